The lowest BCUT2D eigenvalue weighted by Crippen LogP contribution is -2.25. The molecule has 0 saturated heterocycles. The Kier molecular flexibility index (Phi) is 54.0. The Morgan fingerprint density at radius 1 is 0.230 bits per heavy atom. The second-order valence-corrected chi connectivity index (χ2v) is 26.4. The first-order valence-electron chi connectivity index (χ1n) is 47.5. The van der Waals surface area contributed by atoms with Crippen LogP contribution in [0.15, 0.2) is 291 Å². The third-order valence-electron chi connectivity index (χ3n) is 20.1. The van der Waals surface area contributed by atoms with E-state index in [1.165, 1.54) is 134 Å². The van der Waals surface area contributed by atoms with Crippen molar-refractivity contribution < 1.29 is 10.0 Å². The van der Waals surface area contributed by atoms with Crippen molar-refractivity contribution in [2.24, 2.45) is 0 Å². The molecule has 10 heteroatoms. The predicted molar refractivity (Wildman–Crippen MR) is 554 cm³/mol. The van der Waals surface area contributed by atoms with Crippen molar-refractivity contribution in [1.82, 2.24) is 29.9 Å². The Balaban J connectivity index is 0.000000496. The molecule has 6 aliphatic rings. The van der Waals surface area contributed by atoms with Crippen LogP contribution in [0.1, 0.15) is 290 Å². The summed E-state index contributed by atoms with van der Waals surface area (Å²) in [6.07, 6.45) is 5.19. The van der Waals surface area contributed by atoms with E-state index >= 15 is 0 Å². The number of aromatic nitrogens is 6. The van der Waals surface area contributed by atoms with Gasteiger partial charge in [-0.05, 0) is 178 Å². The van der Waals surface area contributed by atoms with E-state index < -0.39 is 7.12 Å². The number of hydrogen-bond acceptors (Lipinski definition) is 8. The minimum absolute atomic E-state index is 0.180. The lowest BCUT2D eigenvalue weighted by Gasteiger charge is -2.30. The monoisotopic (exact) mass is 1710 g/mol. The van der Waals surface area contributed by atoms with Crippen LogP contribution in [0.2, 0.25) is 11.6 Å². The number of nitrogens with zero attached hydrogens (tertiary/aromatic N) is 6. The number of hydrogen-bond donors (Lipinski definition) is 2. The fourth-order valence-electron chi connectivity index (χ4n) is 15.8. The fraction of sp³-hybridized carbons (Fsp3) is 0.328. The lowest BCUT2D eigenvalue weighted by molar-refractivity contribution is 0.408. The molecule has 2 heterocycles. The van der Waals surface area contributed by atoms with Gasteiger partial charge in [0.1, 0.15) is 29.1 Å². The van der Waals surface area contributed by atoms with Crippen molar-refractivity contribution in [2.45, 2.75) is 257 Å². The maximum atomic E-state index is 7.92. The zero-order valence-electron chi connectivity index (χ0n) is 82.5. The van der Waals surface area contributed by atoms with E-state index in [4.69, 9.17) is 21.6 Å². The van der Waals surface area contributed by atoms with Crippen LogP contribution < -0.4 is 0 Å². The first kappa shape index (κ1) is 111. The minimum Gasteiger partial charge on any atom is -0.427 e. The molecule has 0 amide bonds. The SMILES string of the molecule is CC.CC.CC.CC.CC.CC.CC.CC.CC.CC.CC.CC.CCB(O)O.CCc1nc(C)nc(CC)n1.CCc1nc(C)nc(Cl)n1.c1ccc2c(c1)-c1ccccc1C21c2ccccc2-c2ccccc21.c1ccc2c(c1)-c1ccccc1C21c2ccccc2-c2ccccc21.c1ccc2c(c1)Cc1ccccc1-2.c1ccc2c(c1)Cc1ccccc1-2. The van der Waals surface area contributed by atoms with Crippen LogP contribution in [0.25, 0.3) is 66.8 Å². The zero-order chi connectivity index (χ0) is 94.3. The van der Waals surface area contributed by atoms with Crippen LogP contribution in [-0.4, -0.2) is 47.1 Å². The van der Waals surface area contributed by atoms with E-state index in [0.29, 0.717) is 12.1 Å². The standard InChI is InChI=1S/2C25H16.2C13H10.C8H13N3.C6H8ClN3.C2H7BO2.12C2H6/c2*1-5-13-21-17(9-1)18-10-2-6-14-22(18)25(21)23-15-7-3-11-19(23)20-12-4-8-16-24(20)25;2*1-3-7-12-10(5-1)9-11-6-2-4-8-13(11)12;1-4-7-9-6(3)10-8(5-2)11-7;1-3-5-8-4(2)9-6(7)10-5;1-2-3(4)5;12*1-2/h2*1-16H;2*1-8H,9H2;4-5H2,1-3H3;3H2,1-2H3;4-5H,2H2,1H3;12*1-2H3. The molecule has 2 N–H and O–H groups in total. The van der Waals surface area contributed by atoms with Gasteiger partial charge in [0.15, 0.2) is 0 Å². The molecule has 126 heavy (non-hydrogen) atoms. The van der Waals surface area contributed by atoms with E-state index in [2.05, 4.69) is 321 Å². The molecule has 2 spiro atoms. The third-order valence-corrected chi connectivity index (χ3v) is 20.3. The van der Waals surface area contributed by atoms with Gasteiger partial charge in [0.25, 0.3) is 0 Å². The van der Waals surface area contributed by atoms with Gasteiger partial charge in [-0.25, -0.2) is 29.9 Å². The van der Waals surface area contributed by atoms with Crippen LogP contribution in [0.3, 0.4) is 0 Å². The second-order valence-electron chi connectivity index (χ2n) is 26.1. The van der Waals surface area contributed by atoms with Crippen molar-refractivity contribution in [2.75, 3.05) is 0 Å². The molecule has 14 aromatic rings. The summed E-state index contributed by atoms with van der Waals surface area (Å²) in [5.41, 5.74) is 33.4. The Morgan fingerprint density at radius 2 is 0.381 bits per heavy atom. The van der Waals surface area contributed by atoms with E-state index in [-0.39, 0.29) is 16.1 Å². The molecule has 0 bridgehead atoms. The van der Waals surface area contributed by atoms with Crippen molar-refractivity contribution in [3.8, 4) is 66.8 Å². The van der Waals surface area contributed by atoms with Gasteiger partial charge in [-0.3, -0.25) is 0 Å². The topological polar surface area (TPSA) is 118 Å². The summed E-state index contributed by atoms with van der Waals surface area (Å²) in [6, 6.07) is 106. The quantitative estimate of drug-likeness (QED) is 0.167. The number of benzene rings is 12. The maximum Gasteiger partial charge on any atom is 0.451 e. The summed E-state index contributed by atoms with van der Waals surface area (Å²) in [7, 11) is -1.12. The molecule has 2 aromatic heterocycles. The maximum absolute atomic E-state index is 7.92. The normalized spacial score (nSPS) is 10.9. The summed E-state index contributed by atoms with van der Waals surface area (Å²) >= 11 is 5.57. The van der Waals surface area contributed by atoms with Crippen molar-refractivity contribution >= 4 is 18.7 Å². The lowest BCUT2D eigenvalue weighted by atomic mass is 9.70. The highest BCUT2D eigenvalue weighted by molar-refractivity contribution is 6.40. The number of aryl methyl sites for hydroxylation is 5. The molecule has 0 radical (unpaired) electrons. The second kappa shape index (κ2) is 61.3. The molecule has 12 aromatic carbocycles. The van der Waals surface area contributed by atoms with Crippen LogP contribution in [0, 0.1) is 13.8 Å². The molecular weight excluding hydrogens is 1560 g/mol. The molecule has 0 aliphatic heterocycles. The molecule has 0 saturated carbocycles. The van der Waals surface area contributed by atoms with Gasteiger partial charge >= 0.3 is 7.12 Å². The molecule has 6 aliphatic carbocycles. The van der Waals surface area contributed by atoms with Gasteiger partial charge < -0.3 is 10.0 Å². The van der Waals surface area contributed by atoms with E-state index in [1.54, 1.807) is 13.8 Å². The molecule has 20 rings (SSSR count). The molecule has 0 fully saturated rings. The summed E-state index contributed by atoms with van der Waals surface area (Å²) in [4.78, 5) is 24.4. The van der Waals surface area contributed by atoms with E-state index in [0.717, 1.165) is 55.4 Å². The largest absolute Gasteiger partial charge is 0.451 e. The Bertz CT molecular complexity index is 4600. The van der Waals surface area contributed by atoms with Gasteiger partial charge in [0.2, 0.25) is 5.28 Å². The first-order chi connectivity index (χ1) is 62.0. The smallest absolute Gasteiger partial charge is 0.427 e. The number of fused-ring (bicyclic) bond motifs is 26. The van der Waals surface area contributed by atoms with Crippen molar-refractivity contribution in [3.63, 3.8) is 0 Å². The Hall–Kier alpha value is -11.1. The molecule has 8 nitrogen and oxygen atoms in total. The van der Waals surface area contributed by atoms with Gasteiger partial charge in [0.05, 0.1) is 10.8 Å². The highest BCUT2D eigenvalue weighted by Gasteiger charge is 2.53. The first-order valence-corrected chi connectivity index (χ1v) is 47.9. The van der Waals surface area contributed by atoms with Gasteiger partial charge in [-0.2, -0.15) is 0 Å². The average Bonchev–Trinajstić information content (AvgIpc) is 1.52. The van der Waals surface area contributed by atoms with Crippen LogP contribution >= 0.6 is 11.6 Å². The fourth-order valence-corrected chi connectivity index (χ4v) is 16.1. The zero-order valence-corrected chi connectivity index (χ0v) is 83.2. The average molecular weight is 1710 g/mol. The predicted octanol–water partition coefficient (Wildman–Crippen LogP) is 33.1. The Labute approximate surface area is 769 Å². The summed E-state index contributed by atoms with van der Waals surface area (Å²) < 4.78 is 0. The van der Waals surface area contributed by atoms with Crippen molar-refractivity contribution in [3.05, 3.63) is 392 Å². The van der Waals surface area contributed by atoms with Crippen LogP contribution in [0.4, 0.5) is 0 Å². The third kappa shape index (κ3) is 26.1. The minimum atomic E-state index is -1.12. The van der Waals surface area contributed by atoms with Crippen LogP contribution in [-0.2, 0) is 42.9 Å². The number of halogens is 1. The Morgan fingerprint density at radius 3 is 0.548 bits per heavy atom. The summed E-state index contributed by atoms with van der Waals surface area (Å²) in [5, 5.41) is 16.1. The van der Waals surface area contributed by atoms with Gasteiger partial charge in [0, 0.05) is 19.3 Å². The van der Waals surface area contributed by atoms with E-state index in [9.17, 15) is 0 Å². The molecule has 668 valence electrons. The molecule has 0 atom stereocenters. The van der Waals surface area contributed by atoms with Gasteiger partial charge in [-0.15, -0.1) is 0 Å². The van der Waals surface area contributed by atoms with E-state index in [1.807, 2.05) is 194 Å². The van der Waals surface area contributed by atoms with Gasteiger partial charge in [-0.1, -0.05) is 485 Å². The van der Waals surface area contributed by atoms with Crippen molar-refractivity contribution in [1.29, 1.82) is 0 Å². The molecule has 0 unspecified atom stereocenters. The molecular formula is C116H152BClN6O2. The van der Waals surface area contributed by atoms with Crippen LogP contribution in [0.5, 0.6) is 0 Å². The summed E-state index contributed by atoms with van der Waals surface area (Å²) in [6.45, 7) is 59.5. The highest BCUT2D eigenvalue weighted by Crippen LogP contribution is 2.64. The highest BCUT2D eigenvalue weighted by atomic mass is 35.5. The number of rotatable bonds is 4. The summed E-state index contributed by atoms with van der Waals surface area (Å²) in [5.74, 6) is 4.05.